The van der Waals surface area contributed by atoms with Gasteiger partial charge in [-0.25, -0.2) is 4.79 Å². The number of rotatable bonds is 10. The van der Waals surface area contributed by atoms with Gasteiger partial charge in [0, 0.05) is 36.3 Å². The molecule has 8 N–H and O–H groups in total. The second kappa shape index (κ2) is 15.7. The molecule has 14 heteroatoms. The molecule has 2 aromatic heterocycles. The largest absolute Gasteiger partial charge is 0.368 e. The summed E-state index contributed by atoms with van der Waals surface area (Å²) in [6, 6.07) is 12.8. The van der Waals surface area contributed by atoms with Crippen LogP contribution in [0, 0.1) is 18.8 Å². The van der Waals surface area contributed by atoms with Crippen LogP contribution in [0.4, 0.5) is 5.69 Å². The minimum atomic E-state index is -0.985. The predicted molar refractivity (Wildman–Crippen MR) is 193 cm³/mol. The molecule has 4 amide bonds. The zero-order chi connectivity index (χ0) is 34.7. The molecule has 0 unspecified atom stereocenters. The first kappa shape index (κ1) is 36.3. The molecule has 3 heterocycles. The van der Waals surface area contributed by atoms with E-state index in [-0.39, 0.29) is 47.9 Å². The molecule has 2 fully saturated rings. The van der Waals surface area contributed by atoms with Gasteiger partial charge >= 0.3 is 5.69 Å². The third-order valence-electron chi connectivity index (χ3n) is 9.81. The fourth-order valence-corrected chi connectivity index (χ4v) is 6.96. The molecule has 50 heavy (non-hydrogen) atoms. The van der Waals surface area contributed by atoms with E-state index in [0.29, 0.717) is 55.0 Å². The standard InChI is InChI=1S/C36H42N8O5.ClH/c1-20-15-30(34(47)41-28-3-2-14-39-33(28)46)40-19-26(20)23-8-4-21(5-9-23)16-31(32(38)45)44(35(48)24-10-6-22(18-37)7-11-24)25-12-13-27-29(17-25)43-36(49)42-27;/h4-5,8-9,12-13,15,17,19,22,24,28,31H,2-3,6-7,10-11,14,16,18,37H2,1H3,(H2,38,45)(H,39,46)(H,41,47)(H2,42,43,49);1H/t22?,24?,28-,31+;/m1./s1. The van der Waals surface area contributed by atoms with Crippen molar-refractivity contribution in [2.24, 2.45) is 23.3 Å². The maximum absolute atomic E-state index is 14.2. The maximum Gasteiger partial charge on any atom is 0.323 e. The Labute approximate surface area is 295 Å². The first-order valence-corrected chi connectivity index (χ1v) is 16.8. The zero-order valence-corrected chi connectivity index (χ0v) is 28.7. The number of amides is 4. The summed E-state index contributed by atoms with van der Waals surface area (Å²) in [5.41, 5.74) is 16.7. The molecule has 0 spiro atoms. The lowest BCUT2D eigenvalue weighted by Crippen LogP contribution is -2.52. The molecule has 2 aromatic carbocycles. The van der Waals surface area contributed by atoms with Gasteiger partial charge in [0.1, 0.15) is 17.8 Å². The maximum atomic E-state index is 14.2. The lowest BCUT2D eigenvalue weighted by atomic mass is 9.81. The van der Waals surface area contributed by atoms with Gasteiger partial charge in [-0.2, -0.15) is 0 Å². The van der Waals surface area contributed by atoms with Crippen LogP contribution in [0.15, 0.2) is 59.5 Å². The van der Waals surface area contributed by atoms with E-state index in [1.165, 1.54) is 4.90 Å². The monoisotopic (exact) mass is 702 g/mol. The first-order valence-electron chi connectivity index (χ1n) is 16.8. The highest BCUT2D eigenvalue weighted by molar-refractivity contribution is 6.03. The Morgan fingerprint density at radius 1 is 0.980 bits per heavy atom. The number of aryl methyl sites for hydroxylation is 1. The van der Waals surface area contributed by atoms with Gasteiger partial charge in [0.25, 0.3) is 5.91 Å². The number of imidazole rings is 1. The summed E-state index contributed by atoms with van der Waals surface area (Å²) in [5.74, 6) is -1.32. The van der Waals surface area contributed by atoms with Crippen LogP contribution >= 0.6 is 12.4 Å². The molecule has 1 aliphatic carbocycles. The number of nitrogens with zero attached hydrogens (tertiary/aromatic N) is 2. The number of anilines is 1. The first-order chi connectivity index (χ1) is 23.6. The van der Waals surface area contributed by atoms with Gasteiger partial charge in [-0.3, -0.25) is 29.1 Å². The molecule has 0 bridgehead atoms. The van der Waals surface area contributed by atoms with E-state index in [4.69, 9.17) is 11.5 Å². The molecule has 264 valence electrons. The van der Waals surface area contributed by atoms with Gasteiger partial charge < -0.3 is 32.1 Å². The Bertz CT molecular complexity index is 1930. The number of carbonyl (C=O) groups is 4. The van der Waals surface area contributed by atoms with Crippen LogP contribution in [0.25, 0.3) is 22.2 Å². The molecule has 2 atom stereocenters. The lowest BCUT2D eigenvalue weighted by Gasteiger charge is -2.35. The molecule has 0 radical (unpaired) electrons. The number of benzene rings is 2. The summed E-state index contributed by atoms with van der Waals surface area (Å²) in [6.07, 6.45) is 6.21. The lowest BCUT2D eigenvalue weighted by molar-refractivity contribution is -0.127. The van der Waals surface area contributed by atoms with Gasteiger partial charge in [-0.1, -0.05) is 24.3 Å². The van der Waals surface area contributed by atoms with E-state index < -0.39 is 23.9 Å². The molecule has 1 saturated carbocycles. The minimum absolute atomic E-state index is 0. The molecule has 6 rings (SSSR count). The van der Waals surface area contributed by atoms with E-state index in [9.17, 15) is 24.0 Å². The highest BCUT2D eigenvalue weighted by Crippen LogP contribution is 2.33. The van der Waals surface area contributed by atoms with Crippen LogP contribution in [-0.4, -0.2) is 63.8 Å². The molecular formula is C36H43ClN8O5. The second-order valence-corrected chi connectivity index (χ2v) is 13.1. The molecule has 1 saturated heterocycles. The molecule has 13 nitrogen and oxygen atoms in total. The topological polar surface area (TPSA) is 209 Å². The Morgan fingerprint density at radius 3 is 2.36 bits per heavy atom. The van der Waals surface area contributed by atoms with Crippen molar-refractivity contribution in [1.29, 1.82) is 0 Å². The molecular weight excluding hydrogens is 660 g/mol. The third-order valence-corrected chi connectivity index (χ3v) is 9.81. The summed E-state index contributed by atoms with van der Waals surface area (Å²) >= 11 is 0. The van der Waals surface area contributed by atoms with Crippen LogP contribution in [-0.2, 0) is 20.8 Å². The van der Waals surface area contributed by atoms with Crippen LogP contribution < -0.4 is 32.7 Å². The highest BCUT2D eigenvalue weighted by Gasteiger charge is 2.36. The number of halogens is 1. The summed E-state index contributed by atoms with van der Waals surface area (Å²) < 4.78 is 0. The van der Waals surface area contributed by atoms with Crippen molar-refractivity contribution in [3.63, 3.8) is 0 Å². The minimum Gasteiger partial charge on any atom is -0.368 e. The number of primary amides is 1. The summed E-state index contributed by atoms with van der Waals surface area (Å²) in [5, 5.41) is 5.53. The van der Waals surface area contributed by atoms with Gasteiger partial charge in [-0.15, -0.1) is 12.4 Å². The molecule has 4 aromatic rings. The average molecular weight is 703 g/mol. The van der Waals surface area contributed by atoms with E-state index in [0.717, 1.165) is 41.5 Å². The normalized spacial score (nSPS) is 19.6. The SMILES string of the molecule is Cc1cc(C(=O)N[C@@H]2CCCNC2=O)ncc1-c1ccc(C[C@@H](C(N)=O)N(C(=O)C2CCC(CN)CC2)c2ccc3[nH]c(=O)[nH]c3c2)cc1.Cl. The van der Waals surface area contributed by atoms with Crippen LogP contribution in [0.2, 0.25) is 0 Å². The van der Waals surface area contributed by atoms with Gasteiger partial charge in [0.05, 0.1) is 11.0 Å². The van der Waals surface area contributed by atoms with E-state index >= 15 is 0 Å². The number of carbonyl (C=O) groups excluding carboxylic acids is 4. The number of H-pyrrole nitrogens is 2. The third kappa shape index (κ3) is 7.89. The number of nitrogens with two attached hydrogens (primary N) is 2. The van der Waals surface area contributed by atoms with Gasteiger partial charge in [0.15, 0.2) is 0 Å². The Balaban J connectivity index is 0.00000486. The number of pyridine rings is 1. The van der Waals surface area contributed by atoms with Crippen molar-refractivity contribution < 1.29 is 19.2 Å². The molecule has 1 aliphatic heterocycles. The smallest absolute Gasteiger partial charge is 0.323 e. The summed E-state index contributed by atoms with van der Waals surface area (Å²) in [6.45, 7) is 3.08. The quantitative estimate of drug-likeness (QED) is 0.145. The highest BCUT2D eigenvalue weighted by atomic mass is 35.5. The fraction of sp³-hybridized carbons (Fsp3) is 0.389. The fourth-order valence-electron chi connectivity index (χ4n) is 6.96. The number of hydrogen-bond acceptors (Lipinski definition) is 7. The van der Waals surface area contributed by atoms with Gasteiger partial charge in [-0.05, 0) is 98.9 Å². The van der Waals surface area contributed by atoms with Crippen molar-refractivity contribution in [3.8, 4) is 11.1 Å². The van der Waals surface area contributed by atoms with Gasteiger partial charge in [0.2, 0.25) is 17.7 Å². The summed E-state index contributed by atoms with van der Waals surface area (Å²) in [7, 11) is 0. The van der Waals surface area contributed by atoms with Crippen molar-refractivity contribution in [2.75, 3.05) is 18.0 Å². The number of hydrogen-bond donors (Lipinski definition) is 6. The van der Waals surface area contributed by atoms with Crippen LogP contribution in [0.5, 0.6) is 0 Å². The van der Waals surface area contributed by atoms with Crippen molar-refractivity contribution in [3.05, 3.63) is 82.0 Å². The number of aromatic nitrogens is 3. The van der Waals surface area contributed by atoms with Crippen molar-refractivity contribution in [1.82, 2.24) is 25.6 Å². The predicted octanol–water partition coefficient (Wildman–Crippen LogP) is 2.85. The number of aromatic amines is 2. The Kier molecular flexibility index (Phi) is 11.4. The Morgan fingerprint density at radius 2 is 1.70 bits per heavy atom. The summed E-state index contributed by atoms with van der Waals surface area (Å²) in [4.78, 5) is 75.5. The number of nitrogens with one attached hydrogen (secondary N) is 4. The van der Waals surface area contributed by atoms with Crippen LogP contribution in [0.3, 0.4) is 0 Å². The zero-order valence-electron chi connectivity index (χ0n) is 27.9. The van der Waals surface area contributed by atoms with E-state index in [1.54, 1.807) is 30.5 Å². The average Bonchev–Trinajstić information content (AvgIpc) is 3.48. The number of fused-ring (bicyclic) bond motifs is 1. The Hall–Kier alpha value is -5.01. The van der Waals surface area contributed by atoms with E-state index in [1.807, 2.05) is 31.2 Å². The number of piperidine rings is 1. The second-order valence-electron chi connectivity index (χ2n) is 13.1. The van der Waals surface area contributed by atoms with Crippen molar-refractivity contribution in [2.45, 2.75) is 64.0 Å². The van der Waals surface area contributed by atoms with Crippen molar-refractivity contribution >= 4 is 52.8 Å². The van der Waals surface area contributed by atoms with Crippen LogP contribution in [0.1, 0.15) is 60.1 Å². The molecule has 2 aliphatic rings. The van der Waals surface area contributed by atoms with E-state index in [2.05, 4.69) is 25.6 Å².